The number of nitrogens with one attached hydrogen (secondary N) is 2. The fourth-order valence-electron chi connectivity index (χ4n) is 4.53. The Morgan fingerprint density at radius 3 is 2.62 bits per heavy atom. The van der Waals surface area contributed by atoms with Crippen molar-refractivity contribution >= 4 is 29.5 Å². The number of nitrogens with zero attached hydrogens (tertiary/aromatic N) is 1. The number of carbonyl (C=O) groups is 4. The Morgan fingerprint density at radius 1 is 1.18 bits per heavy atom. The molecular formula is C25H25N3O6. The average Bonchev–Trinajstić information content (AvgIpc) is 3.12. The lowest BCUT2D eigenvalue weighted by molar-refractivity contribution is -0.136. The minimum absolute atomic E-state index is 0.00168. The number of carbonyl (C=O) groups excluding carboxylic acids is 4. The van der Waals surface area contributed by atoms with Crippen LogP contribution in [0.1, 0.15) is 46.8 Å². The van der Waals surface area contributed by atoms with E-state index in [2.05, 4.69) is 17.6 Å². The van der Waals surface area contributed by atoms with Crippen molar-refractivity contribution in [2.45, 2.75) is 44.4 Å². The van der Waals surface area contributed by atoms with Gasteiger partial charge in [0.15, 0.2) is 0 Å². The number of imide groups is 1. The summed E-state index contributed by atoms with van der Waals surface area (Å²) < 4.78 is 10.6. The molecule has 4 amide bonds. The maximum absolute atomic E-state index is 12.9. The average molecular weight is 463 g/mol. The molecule has 2 aromatic rings. The van der Waals surface area contributed by atoms with Crippen molar-refractivity contribution in [1.82, 2.24) is 10.2 Å². The third kappa shape index (κ3) is 4.14. The van der Waals surface area contributed by atoms with Crippen molar-refractivity contribution in [3.63, 3.8) is 0 Å². The van der Waals surface area contributed by atoms with Crippen molar-refractivity contribution < 1.29 is 28.7 Å². The zero-order valence-electron chi connectivity index (χ0n) is 18.8. The summed E-state index contributed by atoms with van der Waals surface area (Å²) in [5, 5.41) is 5.00. The molecule has 0 spiro atoms. The molecule has 0 saturated carbocycles. The van der Waals surface area contributed by atoms with Gasteiger partial charge in [0.1, 0.15) is 12.6 Å². The summed E-state index contributed by atoms with van der Waals surface area (Å²) >= 11 is 0. The number of hydrogen-bond donors (Lipinski definition) is 2. The van der Waals surface area contributed by atoms with E-state index in [9.17, 15) is 19.2 Å². The van der Waals surface area contributed by atoms with Gasteiger partial charge in [-0.05, 0) is 41.3 Å². The first-order valence-electron chi connectivity index (χ1n) is 11.2. The maximum Gasteiger partial charge on any atom is 0.411 e. The topological polar surface area (TPSA) is 114 Å². The molecule has 2 fully saturated rings. The van der Waals surface area contributed by atoms with Crippen LogP contribution in [0.3, 0.4) is 0 Å². The number of rotatable bonds is 5. The quantitative estimate of drug-likeness (QED) is 0.659. The highest BCUT2D eigenvalue weighted by molar-refractivity contribution is 6.05. The van der Waals surface area contributed by atoms with Crippen molar-refractivity contribution in [3.8, 4) is 0 Å². The van der Waals surface area contributed by atoms with Gasteiger partial charge in [0, 0.05) is 29.6 Å². The van der Waals surface area contributed by atoms with Crippen LogP contribution in [0.5, 0.6) is 0 Å². The van der Waals surface area contributed by atoms with Gasteiger partial charge in [0.2, 0.25) is 11.8 Å². The van der Waals surface area contributed by atoms with E-state index in [1.54, 1.807) is 18.2 Å². The summed E-state index contributed by atoms with van der Waals surface area (Å²) in [5.74, 6) is -1.02. The van der Waals surface area contributed by atoms with Crippen LogP contribution in [0, 0.1) is 0 Å². The molecule has 0 aliphatic carbocycles. The highest BCUT2D eigenvalue weighted by Crippen LogP contribution is 2.32. The van der Waals surface area contributed by atoms with Gasteiger partial charge in [-0.3, -0.25) is 25.0 Å². The molecule has 2 saturated heterocycles. The number of piperidine rings is 1. The van der Waals surface area contributed by atoms with Crippen LogP contribution >= 0.6 is 0 Å². The van der Waals surface area contributed by atoms with E-state index in [1.165, 1.54) is 4.90 Å². The Labute approximate surface area is 196 Å². The molecule has 2 N–H and O–H groups in total. The molecule has 0 radical (unpaired) electrons. The number of ether oxygens (including phenoxy) is 2. The van der Waals surface area contributed by atoms with Gasteiger partial charge in [0.05, 0.1) is 13.2 Å². The van der Waals surface area contributed by atoms with Gasteiger partial charge in [-0.1, -0.05) is 31.2 Å². The molecule has 2 aromatic carbocycles. The molecule has 34 heavy (non-hydrogen) atoms. The van der Waals surface area contributed by atoms with Crippen LogP contribution in [0.25, 0.3) is 0 Å². The van der Waals surface area contributed by atoms with Gasteiger partial charge in [-0.15, -0.1) is 0 Å². The van der Waals surface area contributed by atoms with Gasteiger partial charge >= 0.3 is 6.09 Å². The van der Waals surface area contributed by atoms with E-state index in [-0.39, 0.29) is 30.3 Å². The van der Waals surface area contributed by atoms with Crippen LogP contribution in [0.4, 0.5) is 10.5 Å². The first kappa shape index (κ1) is 22.1. The molecule has 3 aliphatic heterocycles. The standard InChI is InChI=1S/C25H25N3O6/c1-25(13-33-14-25)17-4-6-18(7-5-17)26-24(32)34-12-15-2-3-16-11-28(23(31)19(16)10-15)20-8-9-21(29)27-22(20)30/h2-7,10,20H,8-9,11-14H2,1H3,(H,26,32)(H,27,29,30). The smallest absolute Gasteiger partial charge is 0.411 e. The van der Waals surface area contributed by atoms with Crippen LogP contribution in [-0.2, 0) is 37.6 Å². The lowest BCUT2D eigenvalue weighted by atomic mass is 9.81. The zero-order valence-corrected chi connectivity index (χ0v) is 18.8. The van der Waals surface area contributed by atoms with Gasteiger partial charge in [-0.25, -0.2) is 4.79 Å². The normalized spacial score (nSPS) is 20.9. The largest absolute Gasteiger partial charge is 0.444 e. The minimum Gasteiger partial charge on any atom is -0.444 e. The van der Waals surface area contributed by atoms with E-state index in [0.717, 1.165) is 11.1 Å². The fraction of sp³-hybridized carbons (Fsp3) is 0.360. The van der Waals surface area contributed by atoms with Gasteiger partial charge in [0.25, 0.3) is 5.91 Å². The Bertz CT molecular complexity index is 1170. The van der Waals surface area contributed by atoms with Crippen LogP contribution < -0.4 is 10.6 Å². The molecule has 3 heterocycles. The second kappa shape index (κ2) is 8.57. The summed E-state index contributed by atoms with van der Waals surface area (Å²) in [4.78, 5) is 50.2. The second-order valence-electron chi connectivity index (χ2n) is 9.22. The predicted octanol–water partition coefficient (Wildman–Crippen LogP) is 2.48. The maximum atomic E-state index is 12.9. The van der Waals surface area contributed by atoms with E-state index in [0.29, 0.717) is 43.0 Å². The summed E-state index contributed by atoms with van der Waals surface area (Å²) in [6.45, 7) is 3.83. The number of anilines is 1. The highest BCUT2D eigenvalue weighted by Gasteiger charge is 2.39. The van der Waals surface area contributed by atoms with E-state index in [4.69, 9.17) is 9.47 Å². The molecule has 3 aliphatic rings. The molecule has 5 rings (SSSR count). The van der Waals surface area contributed by atoms with Gasteiger partial charge < -0.3 is 14.4 Å². The lowest BCUT2D eigenvalue weighted by Crippen LogP contribution is -2.52. The molecule has 9 heteroatoms. The van der Waals surface area contributed by atoms with Crippen LogP contribution in [-0.4, -0.2) is 48.0 Å². The first-order chi connectivity index (χ1) is 16.3. The van der Waals surface area contributed by atoms with Crippen LogP contribution in [0.2, 0.25) is 0 Å². The Morgan fingerprint density at radius 2 is 1.94 bits per heavy atom. The van der Waals surface area contributed by atoms with E-state index >= 15 is 0 Å². The molecular weight excluding hydrogens is 438 g/mol. The number of benzene rings is 2. The van der Waals surface area contributed by atoms with Gasteiger partial charge in [-0.2, -0.15) is 0 Å². The predicted molar refractivity (Wildman–Crippen MR) is 121 cm³/mol. The highest BCUT2D eigenvalue weighted by atomic mass is 16.5. The second-order valence-corrected chi connectivity index (χ2v) is 9.22. The van der Waals surface area contributed by atoms with E-state index < -0.39 is 18.0 Å². The fourth-order valence-corrected chi connectivity index (χ4v) is 4.53. The SMILES string of the molecule is CC1(c2ccc(NC(=O)OCc3ccc4c(c3)C(=O)N(C3CCC(=O)NC3=O)C4)cc2)COC1. The molecule has 1 unspecified atom stereocenters. The third-order valence-corrected chi connectivity index (χ3v) is 6.63. The van der Waals surface area contributed by atoms with Crippen molar-refractivity contribution in [3.05, 3.63) is 64.7 Å². The van der Waals surface area contributed by atoms with Crippen molar-refractivity contribution in [2.75, 3.05) is 18.5 Å². The Balaban J connectivity index is 1.17. The van der Waals surface area contributed by atoms with Crippen LogP contribution in [0.15, 0.2) is 42.5 Å². The molecule has 176 valence electrons. The summed E-state index contributed by atoms with van der Waals surface area (Å²) in [7, 11) is 0. The number of amides is 4. The summed E-state index contributed by atoms with van der Waals surface area (Å²) in [6.07, 6.45) is -0.0710. The third-order valence-electron chi connectivity index (χ3n) is 6.63. The summed E-state index contributed by atoms with van der Waals surface area (Å²) in [6, 6.07) is 12.2. The van der Waals surface area contributed by atoms with Crippen molar-refractivity contribution in [1.29, 1.82) is 0 Å². The summed E-state index contributed by atoms with van der Waals surface area (Å²) in [5.41, 5.74) is 3.76. The minimum atomic E-state index is -0.658. The molecule has 0 aromatic heterocycles. The van der Waals surface area contributed by atoms with E-state index in [1.807, 2.05) is 24.3 Å². The Kier molecular flexibility index (Phi) is 5.57. The number of fused-ring (bicyclic) bond motifs is 1. The zero-order chi connectivity index (χ0) is 23.9. The van der Waals surface area contributed by atoms with Crippen molar-refractivity contribution in [2.24, 2.45) is 0 Å². The monoisotopic (exact) mass is 463 g/mol. The molecule has 1 atom stereocenters. The first-order valence-corrected chi connectivity index (χ1v) is 11.2. The Hall–Kier alpha value is -3.72. The number of hydrogen-bond acceptors (Lipinski definition) is 6. The molecule has 0 bridgehead atoms. The lowest BCUT2D eigenvalue weighted by Gasteiger charge is -2.38. The molecule has 9 nitrogen and oxygen atoms in total.